The number of hydrogen-bond donors (Lipinski definition) is 1. The first-order valence-electron chi connectivity index (χ1n) is 9.06. The molecule has 1 amide bonds. The quantitative estimate of drug-likeness (QED) is 0.606. The predicted octanol–water partition coefficient (Wildman–Crippen LogP) is 4.06. The molecular formula is C21H25NO5S. The molecule has 0 aliphatic carbocycles. The van der Waals surface area contributed by atoms with Gasteiger partial charge in [0.15, 0.2) is 18.1 Å². The van der Waals surface area contributed by atoms with Gasteiger partial charge < -0.3 is 19.5 Å². The predicted molar refractivity (Wildman–Crippen MR) is 110 cm³/mol. The Morgan fingerprint density at radius 1 is 1.14 bits per heavy atom. The number of aliphatic carboxylic acids is 1. The summed E-state index contributed by atoms with van der Waals surface area (Å²) in [5.74, 6) is -0.315. The molecule has 7 heteroatoms. The van der Waals surface area contributed by atoms with E-state index in [1.807, 2.05) is 37.4 Å². The molecular weight excluding hydrogens is 378 g/mol. The van der Waals surface area contributed by atoms with E-state index >= 15 is 0 Å². The maximum Gasteiger partial charge on any atom is 0.341 e. The molecule has 0 unspecified atom stereocenters. The molecule has 0 bridgehead atoms. The second-order valence-electron chi connectivity index (χ2n) is 6.06. The van der Waals surface area contributed by atoms with Crippen LogP contribution in [-0.4, -0.2) is 41.6 Å². The standard InChI is InChI=1S/C21H25NO5S/c1-4-22(5-2)21(25)15(3)11-16-8-9-18(19(12-16)27-14-20(23)24)26-13-17-7-6-10-28-17/h6-12H,4-5,13-14H2,1-3H3,(H,23,24)/b15-11-. The molecule has 1 N–H and O–H groups in total. The highest BCUT2D eigenvalue weighted by molar-refractivity contribution is 7.09. The van der Waals surface area contributed by atoms with E-state index in [-0.39, 0.29) is 5.91 Å². The molecule has 1 aromatic heterocycles. The van der Waals surface area contributed by atoms with Crippen molar-refractivity contribution in [2.45, 2.75) is 27.4 Å². The third-order valence-electron chi connectivity index (χ3n) is 4.04. The molecule has 2 aromatic rings. The summed E-state index contributed by atoms with van der Waals surface area (Å²) in [5, 5.41) is 10.9. The van der Waals surface area contributed by atoms with Gasteiger partial charge in [-0.25, -0.2) is 4.79 Å². The Morgan fingerprint density at radius 2 is 1.89 bits per heavy atom. The summed E-state index contributed by atoms with van der Waals surface area (Å²) in [5.41, 5.74) is 1.34. The fraction of sp³-hybridized carbons (Fsp3) is 0.333. The number of ether oxygens (including phenoxy) is 2. The van der Waals surface area contributed by atoms with E-state index in [1.54, 1.807) is 41.4 Å². The summed E-state index contributed by atoms with van der Waals surface area (Å²) in [6.07, 6.45) is 1.76. The molecule has 28 heavy (non-hydrogen) atoms. The van der Waals surface area contributed by atoms with E-state index in [2.05, 4.69) is 0 Å². The van der Waals surface area contributed by atoms with Crippen molar-refractivity contribution in [2.24, 2.45) is 0 Å². The van der Waals surface area contributed by atoms with Crippen molar-refractivity contribution in [3.8, 4) is 11.5 Å². The van der Waals surface area contributed by atoms with Crippen LogP contribution in [0.4, 0.5) is 0 Å². The van der Waals surface area contributed by atoms with Crippen LogP contribution < -0.4 is 9.47 Å². The molecule has 1 aromatic carbocycles. The summed E-state index contributed by atoms with van der Waals surface area (Å²) in [6.45, 7) is 6.82. The summed E-state index contributed by atoms with van der Waals surface area (Å²) < 4.78 is 11.2. The van der Waals surface area contributed by atoms with Crippen molar-refractivity contribution in [1.29, 1.82) is 0 Å². The van der Waals surface area contributed by atoms with Crippen LogP contribution in [0.2, 0.25) is 0 Å². The van der Waals surface area contributed by atoms with Crippen LogP contribution in [0, 0.1) is 0 Å². The van der Waals surface area contributed by atoms with Crippen molar-refractivity contribution in [3.05, 3.63) is 51.7 Å². The zero-order valence-corrected chi connectivity index (χ0v) is 17.1. The molecule has 2 rings (SSSR count). The van der Waals surface area contributed by atoms with Gasteiger partial charge in [-0.3, -0.25) is 4.79 Å². The minimum Gasteiger partial charge on any atom is -0.484 e. The monoisotopic (exact) mass is 403 g/mol. The first-order chi connectivity index (χ1) is 13.4. The topological polar surface area (TPSA) is 76.1 Å². The number of carboxylic acids is 1. The molecule has 1 heterocycles. The van der Waals surface area contributed by atoms with Crippen molar-refractivity contribution < 1.29 is 24.2 Å². The van der Waals surface area contributed by atoms with Gasteiger partial charge >= 0.3 is 5.97 Å². The molecule has 0 saturated heterocycles. The SMILES string of the molecule is CCN(CC)C(=O)/C(C)=C\c1ccc(OCc2cccs2)c(OCC(=O)O)c1. The van der Waals surface area contributed by atoms with E-state index in [0.29, 0.717) is 36.8 Å². The lowest BCUT2D eigenvalue weighted by Gasteiger charge is -2.19. The average Bonchev–Trinajstić information content (AvgIpc) is 3.20. The van der Waals surface area contributed by atoms with Gasteiger partial charge in [-0.15, -0.1) is 11.3 Å². The first-order valence-corrected chi connectivity index (χ1v) is 9.94. The lowest BCUT2D eigenvalue weighted by atomic mass is 10.1. The number of carbonyl (C=O) groups excluding carboxylic acids is 1. The minimum absolute atomic E-state index is 0.0315. The van der Waals surface area contributed by atoms with E-state index in [9.17, 15) is 9.59 Å². The molecule has 0 aliphatic rings. The third-order valence-corrected chi connectivity index (χ3v) is 4.89. The van der Waals surface area contributed by atoms with Gasteiger partial charge in [0.25, 0.3) is 0 Å². The normalized spacial score (nSPS) is 11.2. The highest BCUT2D eigenvalue weighted by atomic mass is 32.1. The van der Waals surface area contributed by atoms with Crippen LogP contribution >= 0.6 is 11.3 Å². The number of amides is 1. The smallest absolute Gasteiger partial charge is 0.341 e. The molecule has 0 spiro atoms. The Labute approximate surface area is 169 Å². The zero-order valence-electron chi connectivity index (χ0n) is 16.3. The largest absolute Gasteiger partial charge is 0.484 e. The Morgan fingerprint density at radius 3 is 2.50 bits per heavy atom. The summed E-state index contributed by atoms with van der Waals surface area (Å²) >= 11 is 1.58. The number of nitrogens with zero attached hydrogens (tertiary/aromatic N) is 1. The van der Waals surface area contributed by atoms with Crippen molar-refractivity contribution in [1.82, 2.24) is 4.90 Å². The second-order valence-corrected chi connectivity index (χ2v) is 7.09. The first kappa shape index (κ1) is 21.5. The summed E-state index contributed by atoms with van der Waals surface area (Å²) in [7, 11) is 0. The number of likely N-dealkylation sites (N-methyl/N-ethyl adjacent to an activating group) is 1. The molecule has 0 fully saturated rings. The lowest BCUT2D eigenvalue weighted by molar-refractivity contribution is -0.139. The third kappa shape index (κ3) is 6.13. The number of benzene rings is 1. The Balaban J connectivity index is 2.23. The maximum absolute atomic E-state index is 12.4. The lowest BCUT2D eigenvalue weighted by Crippen LogP contribution is -2.30. The highest BCUT2D eigenvalue weighted by Crippen LogP contribution is 2.30. The van der Waals surface area contributed by atoms with Gasteiger partial charge in [0.2, 0.25) is 5.91 Å². The summed E-state index contributed by atoms with van der Waals surface area (Å²) in [4.78, 5) is 26.1. The fourth-order valence-electron chi connectivity index (χ4n) is 2.60. The van der Waals surface area contributed by atoms with Gasteiger partial charge in [0, 0.05) is 23.5 Å². The van der Waals surface area contributed by atoms with Crippen LogP contribution in [0.5, 0.6) is 11.5 Å². The fourth-order valence-corrected chi connectivity index (χ4v) is 3.22. The van der Waals surface area contributed by atoms with Gasteiger partial charge in [-0.05, 0) is 56.0 Å². The number of carbonyl (C=O) groups is 2. The van der Waals surface area contributed by atoms with Gasteiger partial charge in [0.05, 0.1) is 0 Å². The van der Waals surface area contributed by atoms with E-state index in [0.717, 1.165) is 10.4 Å². The second kappa shape index (κ2) is 10.5. The van der Waals surface area contributed by atoms with Gasteiger partial charge in [0.1, 0.15) is 6.61 Å². The summed E-state index contributed by atoms with van der Waals surface area (Å²) in [6, 6.07) is 9.13. The van der Waals surface area contributed by atoms with E-state index in [1.165, 1.54) is 0 Å². The van der Waals surface area contributed by atoms with Crippen molar-refractivity contribution in [3.63, 3.8) is 0 Å². The van der Waals surface area contributed by atoms with Gasteiger partial charge in [-0.1, -0.05) is 12.1 Å². The highest BCUT2D eigenvalue weighted by Gasteiger charge is 2.13. The van der Waals surface area contributed by atoms with Crippen LogP contribution in [0.15, 0.2) is 41.3 Å². The van der Waals surface area contributed by atoms with Gasteiger partial charge in [-0.2, -0.15) is 0 Å². The zero-order chi connectivity index (χ0) is 20.5. The van der Waals surface area contributed by atoms with Crippen LogP contribution in [0.3, 0.4) is 0 Å². The Bertz CT molecular complexity index is 825. The molecule has 6 nitrogen and oxygen atoms in total. The van der Waals surface area contributed by atoms with E-state index < -0.39 is 12.6 Å². The Kier molecular flexibility index (Phi) is 8.07. The van der Waals surface area contributed by atoms with Crippen molar-refractivity contribution >= 4 is 29.3 Å². The van der Waals surface area contributed by atoms with Crippen LogP contribution in [-0.2, 0) is 16.2 Å². The minimum atomic E-state index is -1.07. The number of rotatable bonds is 10. The molecule has 150 valence electrons. The number of hydrogen-bond acceptors (Lipinski definition) is 5. The Hall–Kier alpha value is -2.80. The maximum atomic E-state index is 12.4. The number of thiophene rings is 1. The molecule has 0 atom stereocenters. The van der Waals surface area contributed by atoms with E-state index in [4.69, 9.17) is 14.6 Å². The number of carboxylic acid groups (broad SMARTS) is 1. The average molecular weight is 404 g/mol. The molecule has 0 aliphatic heterocycles. The molecule has 0 saturated carbocycles. The van der Waals surface area contributed by atoms with Crippen molar-refractivity contribution in [2.75, 3.05) is 19.7 Å². The van der Waals surface area contributed by atoms with Crippen LogP contribution in [0.25, 0.3) is 6.08 Å². The molecule has 0 radical (unpaired) electrons. The van der Waals surface area contributed by atoms with Crippen LogP contribution in [0.1, 0.15) is 31.2 Å².